The van der Waals surface area contributed by atoms with Crippen LogP contribution in [0.2, 0.25) is 0 Å². The molecule has 3 atom stereocenters. The Morgan fingerprint density at radius 3 is 2.67 bits per heavy atom. The van der Waals surface area contributed by atoms with Gasteiger partial charge < -0.3 is 0 Å². The quantitative estimate of drug-likeness (QED) is 0.595. The Morgan fingerprint density at radius 2 is 2.08 bits per heavy atom. The molecule has 12 heavy (non-hydrogen) atoms. The summed E-state index contributed by atoms with van der Waals surface area (Å²) in [5.41, 5.74) is 0. The number of thioether (sulfide) groups is 2. The summed E-state index contributed by atoms with van der Waals surface area (Å²) in [6, 6.07) is 0. The molecular weight excluding hydrogens is 188 g/mol. The van der Waals surface area contributed by atoms with Crippen molar-refractivity contribution in [3.05, 3.63) is 0 Å². The average Bonchev–Trinajstić information content (AvgIpc) is 2.56. The van der Waals surface area contributed by atoms with Crippen molar-refractivity contribution in [3.8, 4) is 0 Å². The summed E-state index contributed by atoms with van der Waals surface area (Å²) >= 11 is 3.85. The maximum Gasteiger partial charge on any atom is 0.159 e. The fraction of sp³-hybridized carbons (Fsp3) is 0.889. The van der Waals surface area contributed by atoms with Crippen molar-refractivity contribution < 1.29 is 4.79 Å². The number of rotatable bonds is 0. The van der Waals surface area contributed by atoms with Gasteiger partial charge in [0.1, 0.15) is 4.08 Å². The lowest BCUT2D eigenvalue weighted by atomic mass is 10.1. The van der Waals surface area contributed by atoms with Gasteiger partial charge in [0.05, 0.1) is 0 Å². The first-order valence-electron chi connectivity index (χ1n) is 4.57. The molecule has 0 aromatic heterocycles. The van der Waals surface area contributed by atoms with Crippen LogP contribution < -0.4 is 0 Å². The number of hydrogen-bond acceptors (Lipinski definition) is 3. The number of fused-ring (bicyclic) bond motifs is 2. The molecule has 1 unspecified atom stereocenters. The molecule has 1 heterocycles. The molecule has 3 heteroatoms. The van der Waals surface area contributed by atoms with Crippen LogP contribution in [0.3, 0.4) is 0 Å². The smallest absolute Gasteiger partial charge is 0.159 e. The van der Waals surface area contributed by atoms with Crippen molar-refractivity contribution in [2.24, 2.45) is 17.8 Å². The van der Waals surface area contributed by atoms with E-state index in [0.717, 1.165) is 24.2 Å². The first-order valence-corrected chi connectivity index (χ1v) is 6.54. The molecule has 0 N–H and O–H groups in total. The average molecular weight is 200 g/mol. The van der Waals surface area contributed by atoms with Crippen LogP contribution in [0, 0.1) is 17.8 Å². The van der Waals surface area contributed by atoms with E-state index in [0.29, 0.717) is 5.78 Å². The van der Waals surface area contributed by atoms with Crippen molar-refractivity contribution in [1.82, 2.24) is 0 Å². The fourth-order valence-corrected chi connectivity index (χ4v) is 6.57. The monoisotopic (exact) mass is 200 g/mol. The largest absolute Gasteiger partial charge is 0.297 e. The molecule has 2 aliphatic carbocycles. The maximum atomic E-state index is 11.7. The van der Waals surface area contributed by atoms with Gasteiger partial charge in [0.2, 0.25) is 0 Å². The number of carbonyl (C=O) groups excluding carboxylic acids is 1. The highest BCUT2D eigenvalue weighted by Gasteiger charge is 2.69. The molecule has 3 aliphatic rings. The van der Waals surface area contributed by atoms with Gasteiger partial charge in [-0.3, -0.25) is 4.79 Å². The van der Waals surface area contributed by atoms with Crippen LogP contribution in [0.5, 0.6) is 0 Å². The van der Waals surface area contributed by atoms with E-state index in [1.54, 1.807) is 0 Å². The Bertz CT molecular complexity index is 245. The summed E-state index contributed by atoms with van der Waals surface area (Å²) in [6.45, 7) is 2.31. The maximum absolute atomic E-state index is 11.7. The van der Waals surface area contributed by atoms with Crippen molar-refractivity contribution >= 4 is 29.3 Å². The third-order valence-corrected chi connectivity index (χ3v) is 7.17. The van der Waals surface area contributed by atoms with Gasteiger partial charge in [0, 0.05) is 17.9 Å². The van der Waals surface area contributed by atoms with E-state index < -0.39 is 0 Å². The number of Topliss-reactive ketones (excluding diaryl/α,β-unsaturated/α-hetero) is 1. The molecule has 0 aromatic carbocycles. The molecule has 66 valence electrons. The first kappa shape index (κ1) is 7.74. The van der Waals surface area contributed by atoms with Crippen molar-refractivity contribution in [2.45, 2.75) is 17.4 Å². The van der Waals surface area contributed by atoms with Gasteiger partial charge in [-0.25, -0.2) is 0 Å². The Morgan fingerprint density at radius 1 is 1.42 bits per heavy atom. The van der Waals surface area contributed by atoms with E-state index in [1.165, 1.54) is 11.5 Å². The molecule has 0 amide bonds. The summed E-state index contributed by atoms with van der Waals surface area (Å²) in [4.78, 5) is 11.7. The highest BCUT2D eigenvalue weighted by molar-refractivity contribution is 8.22. The summed E-state index contributed by atoms with van der Waals surface area (Å²) < 4.78 is 0.0457. The van der Waals surface area contributed by atoms with Gasteiger partial charge in [-0.05, 0) is 17.8 Å². The Hall–Kier alpha value is 0.370. The molecule has 0 radical (unpaired) electrons. The zero-order chi connectivity index (χ0) is 8.34. The van der Waals surface area contributed by atoms with Crippen molar-refractivity contribution in [2.75, 3.05) is 11.5 Å². The summed E-state index contributed by atoms with van der Waals surface area (Å²) in [6.07, 6.45) is 0.881. The van der Waals surface area contributed by atoms with Gasteiger partial charge in [0.25, 0.3) is 0 Å². The Balaban J connectivity index is 1.96. The Kier molecular flexibility index (Phi) is 1.44. The third-order valence-electron chi connectivity index (χ3n) is 3.53. The number of hydrogen-bond donors (Lipinski definition) is 0. The molecule has 3 fully saturated rings. The summed E-state index contributed by atoms with van der Waals surface area (Å²) in [5, 5.41) is 0. The van der Waals surface area contributed by atoms with Crippen LogP contribution in [-0.2, 0) is 4.79 Å². The second-order valence-electron chi connectivity index (χ2n) is 4.04. The van der Waals surface area contributed by atoms with Crippen LogP contribution in [0.4, 0.5) is 0 Å². The highest BCUT2D eigenvalue weighted by Crippen LogP contribution is 2.70. The zero-order valence-electron chi connectivity index (χ0n) is 7.08. The van der Waals surface area contributed by atoms with Crippen molar-refractivity contribution in [3.63, 3.8) is 0 Å². The summed E-state index contributed by atoms with van der Waals surface area (Å²) in [7, 11) is 0. The first-order chi connectivity index (χ1) is 5.76. The molecule has 0 bridgehead atoms. The topological polar surface area (TPSA) is 17.1 Å². The van der Waals surface area contributed by atoms with Crippen molar-refractivity contribution in [1.29, 1.82) is 0 Å². The normalized spacial score (nSPS) is 48.4. The van der Waals surface area contributed by atoms with Crippen LogP contribution in [0.1, 0.15) is 13.3 Å². The molecular formula is C9H12OS2. The fourth-order valence-electron chi connectivity index (χ4n) is 2.81. The second kappa shape index (κ2) is 2.24. The lowest BCUT2D eigenvalue weighted by Gasteiger charge is -2.22. The van der Waals surface area contributed by atoms with E-state index in [1.807, 2.05) is 23.5 Å². The zero-order valence-corrected chi connectivity index (χ0v) is 8.71. The number of ketones is 1. The van der Waals surface area contributed by atoms with E-state index in [-0.39, 0.29) is 4.08 Å². The molecule has 1 spiro atoms. The molecule has 1 saturated heterocycles. The molecule has 1 aliphatic heterocycles. The summed E-state index contributed by atoms with van der Waals surface area (Å²) in [5.74, 6) is 5.25. The minimum absolute atomic E-state index is 0.0457. The lowest BCUT2D eigenvalue weighted by Crippen LogP contribution is -2.28. The molecule has 3 rings (SSSR count). The van der Waals surface area contributed by atoms with Crippen LogP contribution in [0.25, 0.3) is 0 Å². The van der Waals surface area contributed by atoms with E-state index in [9.17, 15) is 4.79 Å². The van der Waals surface area contributed by atoms with Gasteiger partial charge in [0.15, 0.2) is 5.78 Å². The third kappa shape index (κ3) is 0.728. The predicted molar refractivity (Wildman–Crippen MR) is 53.4 cm³/mol. The standard InChI is InChI=1S/C9H12OS2/c1-5-6-4-7(10)9(8(5)6)11-2-3-12-9/h5-6,8H,2-4H2,1H3/t5-,6+,8?/m1/s1. The van der Waals surface area contributed by atoms with Gasteiger partial charge in [-0.1, -0.05) is 6.92 Å². The lowest BCUT2D eigenvalue weighted by molar-refractivity contribution is -0.118. The molecule has 2 saturated carbocycles. The van der Waals surface area contributed by atoms with Crippen LogP contribution in [0.15, 0.2) is 0 Å². The van der Waals surface area contributed by atoms with Gasteiger partial charge in [-0.15, -0.1) is 23.5 Å². The molecule has 0 aromatic rings. The van der Waals surface area contributed by atoms with Crippen LogP contribution >= 0.6 is 23.5 Å². The van der Waals surface area contributed by atoms with Gasteiger partial charge >= 0.3 is 0 Å². The Labute approximate surface area is 81.0 Å². The van der Waals surface area contributed by atoms with Gasteiger partial charge in [-0.2, -0.15) is 0 Å². The minimum Gasteiger partial charge on any atom is -0.297 e. The minimum atomic E-state index is 0.0457. The van der Waals surface area contributed by atoms with Crippen LogP contribution in [-0.4, -0.2) is 21.4 Å². The predicted octanol–water partition coefficient (Wildman–Crippen LogP) is 2.02. The van der Waals surface area contributed by atoms with E-state index in [4.69, 9.17) is 0 Å². The molecule has 1 nitrogen and oxygen atoms in total. The number of carbonyl (C=O) groups is 1. The van der Waals surface area contributed by atoms with E-state index >= 15 is 0 Å². The van der Waals surface area contributed by atoms with E-state index in [2.05, 4.69) is 6.92 Å². The second-order valence-corrected chi connectivity index (χ2v) is 6.98. The highest BCUT2D eigenvalue weighted by atomic mass is 32.2. The SMILES string of the molecule is C[C@H]1C2[C@H]1CC(=O)C21SCCS1.